The van der Waals surface area contributed by atoms with Crippen LogP contribution < -0.4 is 5.32 Å². The molecule has 2 heterocycles. The average Bonchev–Trinajstić information content (AvgIpc) is 2.90. The quantitative estimate of drug-likeness (QED) is 0.816. The Balaban J connectivity index is 1.44. The van der Waals surface area contributed by atoms with Crippen LogP contribution in [-0.2, 0) is 11.3 Å². The van der Waals surface area contributed by atoms with Gasteiger partial charge in [0, 0.05) is 39.3 Å². The van der Waals surface area contributed by atoms with E-state index in [4.69, 9.17) is 4.74 Å². The predicted molar refractivity (Wildman–Crippen MR) is 86.7 cm³/mol. The van der Waals surface area contributed by atoms with Crippen molar-refractivity contribution in [2.24, 2.45) is 0 Å². The molecule has 2 fully saturated rings. The van der Waals surface area contributed by atoms with Crippen LogP contribution in [0.15, 0.2) is 24.3 Å². The van der Waals surface area contributed by atoms with Crippen LogP contribution >= 0.6 is 0 Å². The van der Waals surface area contributed by atoms with E-state index in [-0.39, 0.29) is 18.0 Å². The standard InChI is InChI=1S/C17H26FN3O2/c1-20-6-8-21(9-7-20)11-16-17(22)15(12-23-16)19-10-13-2-4-14(18)5-3-13/h2-5,15-17,19,22H,6-12H2,1H3/t15-,16-,17+/m0/s1. The number of piperazine rings is 1. The second-order valence-electron chi connectivity index (χ2n) is 6.58. The van der Waals surface area contributed by atoms with Gasteiger partial charge < -0.3 is 20.1 Å². The number of aliphatic hydroxyl groups is 1. The van der Waals surface area contributed by atoms with Crippen molar-refractivity contribution in [3.05, 3.63) is 35.6 Å². The molecule has 0 spiro atoms. The van der Waals surface area contributed by atoms with Crippen molar-refractivity contribution in [2.75, 3.05) is 46.4 Å². The fourth-order valence-corrected chi connectivity index (χ4v) is 3.16. The minimum absolute atomic E-state index is 0.0717. The van der Waals surface area contributed by atoms with Crippen molar-refractivity contribution in [3.8, 4) is 0 Å². The highest BCUT2D eigenvalue weighted by atomic mass is 19.1. The number of nitrogens with zero attached hydrogens (tertiary/aromatic N) is 2. The number of halogens is 1. The normalized spacial score (nSPS) is 30.0. The zero-order valence-corrected chi connectivity index (χ0v) is 13.6. The molecule has 0 saturated carbocycles. The predicted octanol–water partition coefficient (Wildman–Crippen LogP) is 0.291. The fraction of sp³-hybridized carbons (Fsp3) is 0.647. The Bertz CT molecular complexity index is 491. The van der Waals surface area contributed by atoms with Gasteiger partial charge in [-0.15, -0.1) is 0 Å². The van der Waals surface area contributed by atoms with Gasteiger partial charge >= 0.3 is 0 Å². The summed E-state index contributed by atoms with van der Waals surface area (Å²) in [6.07, 6.45) is -0.640. The van der Waals surface area contributed by atoms with Gasteiger partial charge in [0.05, 0.1) is 24.9 Å². The van der Waals surface area contributed by atoms with Gasteiger partial charge in [-0.1, -0.05) is 12.1 Å². The van der Waals surface area contributed by atoms with Crippen molar-refractivity contribution >= 4 is 0 Å². The third-order valence-electron chi connectivity index (χ3n) is 4.80. The number of hydrogen-bond acceptors (Lipinski definition) is 5. The van der Waals surface area contributed by atoms with Gasteiger partial charge in [-0.2, -0.15) is 0 Å². The number of aliphatic hydroxyl groups excluding tert-OH is 1. The van der Waals surface area contributed by atoms with E-state index in [1.807, 2.05) is 0 Å². The molecular weight excluding hydrogens is 297 g/mol. The molecule has 1 aromatic rings. The minimum Gasteiger partial charge on any atom is -0.389 e. The second-order valence-corrected chi connectivity index (χ2v) is 6.58. The maximum absolute atomic E-state index is 12.9. The van der Waals surface area contributed by atoms with Gasteiger partial charge in [0.1, 0.15) is 5.82 Å². The van der Waals surface area contributed by atoms with Gasteiger partial charge in [-0.05, 0) is 24.7 Å². The van der Waals surface area contributed by atoms with Gasteiger partial charge in [0.15, 0.2) is 0 Å². The number of rotatable bonds is 5. The Morgan fingerprint density at radius 3 is 2.61 bits per heavy atom. The zero-order chi connectivity index (χ0) is 16.2. The molecule has 2 saturated heterocycles. The second kappa shape index (κ2) is 7.68. The molecule has 0 amide bonds. The molecule has 128 valence electrons. The van der Waals surface area contributed by atoms with E-state index in [2.05, 4.69) is 22.2 Å². The fourth-order valence-electron chi connectivity index (χ4n) is 3.16. The summed E-state index contributed by atoms with van der Waals surface area (Å²) in [7, 11) is 2.13. The van der Waals surface area contributed by atoms with Crippen molar-refractivity contribution in [3.63, 3.8) is 0 Å². The number of hydrogen-bond donors (Lipinski definition) is 2. The Hall–Kier alpha value is -1.05. The van der Waals surface area contributed by atoms with Gasteiger partial charge in [0.2, 0.25) is 0 Å². The summed E-state index contributed by atoms with van der Waals surface area (Å²) in [5, 5.41) is 13.8. The number of likely N-dealkylation sites (N-methyl/N-ethyl adjacent to an activating group) is 1. The van der Waals surface area contributed by atoms with Crippen LogP contribution in [-0.4, -0.2) is 79.5 Å². The van der Waals surface area contributed by atoms with Crippen molar-refractivity contribution < 1.29 is 14.2 Å². The Morgan fingerprint density at radius 1 is 1.22 bits per heavy atom. The highest BCUT2D eigenvalue weighted by Crippen LogP contribution is 2.17. The van der Waals surface area contributed by atoms with Crippen LogP contribution in [0.5, 0.6) is 0 Å². The first-order valence-corrected chi connectivity index (χ1v) is 8.30. The molecule has 6 heteroatoms. The van der Waals surface area contributed by atoms with E-state index in [9.17, 15) is 9.50 Å². The molecular formula is C17H26FN3O2. The third-order valence-corrected chi connectivity index (χ3v) is 4.80. The number of ether oxygens (including phenoxy) is 1. The monoisotopic (exact) mass is 323 g/mol. The molecule has 0 radical (unpaired) electrons. The molecule has 2 N–H and O–H groups in total. The van der Waals surface area contributed by atoms with Gasteiger partial charge in [0.25, 0.3) is 0 Å². The van der Waals surface area contributed by atoms with E-state index in [1.165, 1.54) is 12.1 Å². The molecule has 1 aromatic carbocycles. The summed E-state index contributed by atoms with van der Waals surface area (Å²) in [5.41, 5.74) is 1.00. The summed E-state index contributed by atoms with van der Waals surface area (Å²) in [6.45, 7) is 6.08. The number of nitrogens with one attached hydrogen (secondary N) is 1. The first-order valence-electron chi connectivity index (χ1n) is 8.30. The van der Waals surface area contributed by atoms with E-state index in [0.29, 0.717) is 13.2 Å². The number of benzene rings is 1. The summed E-state index contributed by atoms with van der Waals surface area (Å²) in [4.78, 5) is 4.67. The lowest BCUT2D eigenvalue weighted by Crippen LogP contribution is -2.50. The van der Waals surface area contributed by atoms with Gasteiger partial charge in [-0.3, -0.25) is 4.90 Å². The maximum atomic E-state index is 12.9. The highest BCUT2D eigenvalue weighted by Gasteiger charge is 2.36. The van der Waals surface area contributed by atoms with Crippen molar-refractivity contribution in [1.29, 1.82) is 0 Å². The molecule has 3 atom stereocenters. The first-order chi connectivity index (χ1) is 11.1. The maximum Gasteiger partial charge on any atom is 0.123 e. The Kier molecular flexibility index (Phi) is 5.61. The van der Waals surface area contributed by atoms with Crippen molar-refractivity contribution in [1.82, 2.24) is 15.1 Å². The molecule has 2 aliphatic rings. The van der Waals surface area contributed by atoms with Crippen LogP contribution in [0.1, 0.15) is 5.56 Å². The molecule has 3 rings (SSSR count). The summed E-state index contributed by atoms with van der Waals surface area (Å²) < 4.78 is 18.7. The minimum atomic E-state index is -0.505. The smallest absolute Gasteiger partial charge is 0.123 e. The lowest BCUT2D eigenvalue weighted by Gasteiger charge is -2.34. The molecule has 0 bridgehead atoms. The SMILES string of the molecule is CN1CCN(C[C@@H]2OC[C@H](NCc3ccc(F)cc3)[C@H]2O)CC1. The van der Waals surface area contributed by atoms with Crippen LogP contribution in [0, 0.1) is 5.82 Å². The van der Waals surface area contributed by atoms with Gasteiger partial charge in [-0.25, -0.2) is 4.39 Å². The summed E-state index contributed by atoms with van der Waals surface area (Å²) >= 11 is 0. The topological polar surface area (TPSA) is 48.0 Å². The van der Waals surface area contributed by atoms with E-state index < -0.39 is 6.10 Å². The lowest BCUT2D eigenvalue weighted by molar-refractivity contribution is 0.00600. The zero-order valence-electron chi connectivity index (χ0n) is 13.6. The van der Waals surface area contributed by atoms with Crippen LogP contribution in [0.25, 0.3) is 0 Å². The molecule has 2 aliphatic heterocycles. The van der Waals surface area contributed by atoms with Crippen LogP contribution in [0.4, 0.5) is 4.39 Å². The largest absolute Gasteiger partial charge is 0.389 e. The molecule has 0 aliphatic carbocycles. The summed E-state index contributed by atoms with van der Waals surface area (Å²) in [6, 6.07) is 6.35. The van der Waals surface area contributed by atoms with Crippen LogP contribution in [0.3, 0.4) is 0 Å². The van der Waals surface area contributed by atoms with Crippen molar-refractivity contribution in [2.45, 2.75) is 24.8 Å². The molecule has 23 heavy (non-hydrogen) atoms. The molecule has 5 nitrogen and oxygen atoms in total. The Morgan fingerprint density at radius 2 is 1.91 bits per heavy atom. The summed E-state index contributed by atoms with van der Waals surface area (Å²) in [5.74, 6) is -0.231. The van der Waals surface area contributed by atoms with Crippen LogP contribution in [0.2, 0.25) is 0 Å². The van der Waals surface area contributed by atoms with E-state index in [0.717, 1.165) is 38.3 Å². The highest BCUT2D eigenvalue weighted by molar-refractivity contribution is 5.16. The molecule has 0 aromatic heterocycles. The third kappa shape index (κ3) is 4.49. The average molecular weight is 323 g/mol. The van der Waals surface area contributed by atoms with E-state index in [1.54, 1.807) is 12.1 Å². The first kappa shape index (κ1) is 16.8. The Labute approximate surface area is 137 Å². The molecule has 0 unspecified atom stereocenters. The van der Waals surface area contributed by atoms with E-state index >= 15 is 0 Å². The lowest BCUT2D eigenvalue weighted by atomic mass is 10.1.